The molecule has 2 aliphatic rings. The minimum Gasteiger partial charge on any atom is -0.444 e. The summed E-state index contributed by atoms with van der Waals surface area (Å²) in [6.45, 7) is 10.6. The maximum absolute atomic E-state index is 12.2. The van der Waals surface area contributed by atoms with Crippen LogP contribution in [0, 0.1) is 0 Å². The first kappa shape index (κ1) is 13.6. The van der Waals surface area contributed by atoms with Gasteiger partial charge in [-0.2, -0.15) is 0 Å². The molecule has 2 fully saturated rings. The summed E-state index contributed by atoms with van der Waals surface area (Å²) >= 11 is 0. The molecule has 1 unspecified atom stereocenters. The molecule has 2 saturated heterocycles. The van der Waals surface area contributed by atoms with Crippen LogP contribution >= 0.6 is 0 Å². The third kappa shape index (κ3) is 3.36. The topological polar surface area (TPSA) is 44.8 Å². The first-order valence-corrected chi connectivity index (χ1v) is 6.92. The van der Waals surface area contributed by atoms with Gasteiger partial charge < -0.3 is 10.1 Å². The zero-order valence-corrected chi connectivity index (χ0v) is 11.7. The Hall–Kier alpha value is -0.810. The van der Waals surface area contributed by atoms with Gasteiger partial charge in [0.15, 0.2) is 0 Å². The lowest BCUT2D eigenvalue weighted by molar-refractivity contribution is -0.00140. The van der Waals surface area contributed by atoms with Crippen LogP contribution < -0.4 is 5.32 Å². The maximum Gasteiger partial charge on any atom is 0.411 e. The molecule has 18 heavy (non-hydrogen) atoms. The Balaban J connectivity index is 1.96. The molecule has 0 bridgehead atoms. The first-order chi connectivity index (χ1) is 8.47. The van der Waals surface area contributed by atoms with Gasteiger partial charge in [0.1, 0.15) is 5.60 Å². The van der Waals surface area contributed by atoms with Crippen molar-refractivity contribution in [1.29, 1.82) is 0 Å². The summed E-state index contributed by atoms with van der Waals surface area (Å²) in [4.78, 5) is 16.5. The van der Waals surface area contributed by atoms with Gasteiger partial charge in [0.05, 0.1) is 6.17 Å². The number of nitrogens with zero attached hydrogens (tertiary/aromatic N) is 2. The fraction of sp³-hybridized carbons (Fsp3) is 0.923. The summed E-state index contributed by atoms with van der Waals surface area (Å²) in [6.07, 6.45) is 2.22. The molecule has 104 valence electrons. The van der Waals surface area contributed by atoms with Gasteiger partial charge in [-0.05, 0) is 33.6 Å². The van der Waals surface area contributed by atoms with Crippen molar-refractivity contribution in [3.05, 3.63) is 0 Å². The predicted octanol–water partition coefficient (Wildman–Crippen LogP) is 1.25. The molecule has 0 radical (unpaired) electrons. The van der Waals surface area contributed by atoms with Crippen molar-refractivity contribution in [3.8, 4) is 0 Å². The molecule has 1 N–H and O–H groups in total. The SMILES string of the molecule is CC(C)(C)OC(=O)N1CCCC1N1CCNCC1. The molecule has 1 atom stereocenters. The smallest absolute Gasteiger partial charge is 0.411 e. The Morgan fingerprint density at radius 1 is 1.22 bits per heavy atom. The minimum atomic E-state index is -0.409. The van der Waals surface area contributed by atoms with Crippen molar-refractivity contribution in [2.45, 2.75) is 45.4 Å². The van der Waals surface area contributed by atoms with Crippen molar-refractivity contribution in [3.63, 3.8) is 0 Å². The highest BCUT2D eigenvalue weighted by Crippen LogP contribution is 2.23. The minimum absolute atomic E-state index is 0.163. The standard InChI is InChI=1S/C13H25N3O2/c1-13(2,3)18-12(17)16-8-4-5-11(16)15-9-6-14-7-10-15/h11,14H,4-10H2,1-3H3. The Kier molecular flexibility index (Phi) is 4.12. The summed E-state index contributed by atoms with van der Waals surface area (Å²) in [6, 6.07) is 0. The van der Waals surface area contributed by atoms with Crippen LogP contribution in [0.15, 0.2) is 0 Å². The van der Waals surface area contributed by atoms with Crippen LogP contribution in [0.1, 0.15) is 33.6 Å². The summed E-state index contributed by atoms with van der Waals surface area (Å²) < 4.78 is 5.49. The predicted molar refractivity (Wildman–Crippen MR) is 70.4 cm³/mol. The van der Waals surface area contributed by atoms with Gasteiger partial charge in [0.25, 0.3) is 0 Å². The highest BCUT2D eigenvalue weighted by molar-refractivity contribution is 5.68. The van der Waals surface area contributed by atoms with E-state index in [1.165, 1.54) is 0 Å². The Morgan fingerprint density at radius 2 is 1.89 bits per heavy atom. The highest BCUT2D eigenvalue weighted by Gasteiger charge is 2.35. The monoisotopic (exact) mass is 255 g/mol. The van der Waals surface area contributed by atoms with Crippen molar-refractivity contribution in [2.24, 2.45) is 0 Å². The Bertz CT molecular complexity index is 295. The second-order valence-electron chi connectivity index (χ2n) is 6.08. The van der Waals surface area contributed by atoms with Gasteiger partial charge in [-0.1, -0.05) is 0 Å². The number of nitrogens with one attached hydrogen (secondary N) is 1. The van der Waals surface area contributed by atoms with Crippen LogP contribution in [0.2, 0.25) is 0 Å². The fourth-order valence-electron chi connectivity index (χ4n) is 2.64. The third-order valence-electron chi connectivity index (χ3n) is 3.42. The molecule has 0 aromatic rings. The average Bonchev–Trinajstić information content (AvgIpc) is 2.76. The average molecular weight is 255 g/mol. The van der Waals surface area contributed by atoms with Gasteiger partial charge in [-0.3, -0.25) is 9.80 Å². The molecule has 0 aliphatic carbocycles. The highest BCUT2D eigenvalue weighted by atomic mass is 16.6. The normalized spacial score (nSPS) is 26.4. The summed E-state index contributed by atoms with van der Waals surface area (Å²) in [7, 11) is 0. The number of carbonyl (C=O) groups is 1. The molecule has 2 aliphatic heterocycles. The molecule has 5 heteroatoms. The number of carbonyl (C=O) groups excluding carboxylic acids is 1. The molecular formula is C13H25N3O2. The van der Waals surface area contributed by atoms with E-state index in [2.05, 4.69) is 10.2 Å². The largest absolute Gasteiger partial charge is 0.444 e. The number of hydrogen-bond acceptors (Lipinski definition) is 4. The van der Waals surface area contributed by atoms with E-state index in [1.807, 2.05) is 25.7 Å². The molecule has 2 rings (SSSR count). The van der Waals surface area contributed by atoms with Crippen LogP contribution in [-0.2, 0) is 4.74 Å². The van der Waals surface area contributed by atoms with Crippen LogP contribution in [0.4, 0.5) is 4.79 Å². The summed E-state index contributed by atoms with van der Waals surface area (Å²) in [5.41, 5.74) is -0.409. The van der Waals surface area contributed by atoms with Crippen molar-refractivity contribution in [2.75, 3.05) is 32.7 Å². The van der Waals surface area contributed by atoms with Crippen molar-refractivity contribution >= 4 is 6.09 Å². The zero-order valence-electron chi connectivity index (χ0n) is 11.7. The van der Waals surface area contributed by atoms with E-state index in [0.717, 1.165) is 45.6 Å². The van der Waals surface area contributed by atoms with E-state index in [-0.39, 0.29) is 12.3 Å². The van der Waals surface area contributed by atoms with E-state index in [1.54, 1.807) is 0 Å². The van der Waals surface area contributed by atoms with Gasteiger partial charge in [-0.15, -0.1) is 0 Å². The number of hydrogen-bond donors (Lipinski definition) is 1. The first-order valence-electron chi connectivity index (χ1n) is 6.92. The zero-order chi connectivity index (χ0) is 13.2. The molecule has 2 heterocycles. The molecule has 0 aromatic carbocycles. The van der Waals surface area contributed by atoms with Gasteiger partial charge in [-0.25, -0.2) is 4.79 Å². The number of rotatable bonds is 1. The van der Waals surface area contributed by atoms with E-state index >= 15 is 0 Å². The van der Waals surface area contributed by atoms with E-state index in [9.17, 15) is 4.79 Å². The Morgan fingerprint density at radius 3 is 2.50 bits per heavy atom. The van der Waals surface area contributed by atoms with E-state index in [4.69, 9.17) is 4.74 Å². The van der Waals surface area contributed by atoms with E-state index in [0.29, 0.717) is 0 Å². The van der Waals surface area contributed by atoms with Gasteiger partial charge >= 0.3 is 6.09 Å². The second-order valence-corrected chi connectivity index (χ2v) is 6.08. The van der Waals surface area contributed by atoms with Crippen molar-refractivity contribution < 1.29 is 9.53 Å². The molecule has 0 aromatic heterocycles. The third-order valence-corrected chi connectivity index (χ3v) is 3.42. The molecule has 0 saturated carbocycles. The number of ether oxygens (including phenoxy) is 1. The number of likely N-dealkylation sites (tertiary alicyclic amines) is 1. The lowest BCUT2D eigenvalue weighted by Crippen LogP contribution is -2.54. The Labute approximate surface area is 109 Å². The lowest BCUT2D eigenvalue weighted by Gasteiger charge is -2.38. The van der Waals surface area contributed by atoms with Crippen LogP contribution in [0.5, 0.6) is 0 Å². The van der Waals surface area contributed by atoms with Gasteiger partial charge in [0.2, 0.25) is 0 Å². The number of amides is 1. The molecule has 5 nitrogen and oxygen atoms in total. The lowest BCUT2D eigenvalue weighted by atomic mass is 10.2. The van der Waals surface area contributed by atoms with Crippen LogP contribution in [0.3, 0.4) is 0 Å². The maximum atomic E-state index is 12.2. The second kappa shape index (κ2) is 5.45. The van der Waals surface area contributed by atoms with Crippen LogP contribution in [0.25, 0.3) is 0 Å². The summed E-state index contributed by atoms with van der Waals surface area (Å²) in [5.74, 6) is 0. The fourth-order valence-corrected chi connectivity index (χ4v) is 2.64. The quantitative estimate of drug-likeness (QED) is 0.766. The summed E-state index contributed by atoms with van der Waals surface area (Å²) in [5, 5.41) is 3.34. The van der Waals surface area contributed by atoms with Crippen molar-refractivity contribution in [1.82, 2.24) is 15.1 Å². The van der Waals surface area contributed by atoms with Gasteiger partial charge in [0, 0.05) is 32.7 Å². The molecular weight excluding hydrogens is 230 g/mol. The molecule has 0 spiro atoms. The van der Waals surface area contributed by atoms with Crippen LogP contribution in [-0.4, -0.2) is 60.4 Å². The molecule has 1 amide bonds. The van der Waals surface area contributed by atoms with E-state index < -0.39 is 5.60 Å². The number of piperazine rings is 1.